The summed E-state index contributed by atoms with van der Waals surface area (Å²) >= 11 is 0. The third-order valence-corrected chi connectivity index (χ3v) is 2.68. The van der Waals surface area contributed by atoms with Crippen LogP contribution < -0.4 is 5.32 Å². The van der Waals surface area contributed by atoms with Gasteiger partial charge in [-0.2, -0.15) is 0 Å². The van der Waals surface area contributed by atoms with Crippen LogP contribution >= 0.6 is 0 Å². The molecule has 0 aliphatic heterocycles. The van der Waals surface area contributed by atoms with Gasteiger partial charge in [0.2, 0.25) is 0 Å². The van der Waals surface area contributed by atoms with E-state index < -0.39 is 6.04 Å². The monoisotopic (exact) mass is 253 g/mol. The zero-order valence-corrected chi connectivity index (χ0v) is 11.1. The van der Waals surface area contributed by atoms with Crippen LogP contribution in [0.25, 0.3) is 0 Å². The van der Waals surface area contributed by atoms with Gasteiger partial charge in [-0.15, -0.1) is 0 Å². The average Bonchev–Trinajstić information content (AvgIpc) is 2.31. The van der Waals surface area contributed by atoms with Crippen molar-refractivity contribution in [2.75, 3.05) is 6.61 Å². The molecule has 100 valence electrons. The molecule has 1 atom stereocenters. The number of halogens is 1. The average molecular weight is 253 g/mol. The van der Waals surface area contributed by atoms with E-state index in [1.165, 1.54) is 6.07 Å². The zero-order valence-electron chi connectivity index (χ0n) is 11.1. The van der Waals surface area contributed by atoms with E-state index in [-0.39, 0.29) is 17.7 Å². The second-order valence-electron chi connectivity index (χ2n) is 4.45. The molecule has 0 heterocycles. The molecule has 1 N–H and O–H groups in total. The number of esters is 1. The standard InChI is InChI=1S/C14H20FNO2/c1-4-18-14(17)13(10(2)3)16-9-11-7-5-6-8-12(11)15/h5-8,10,13,16H,4,9H2,1-3H3. The first-order chi connectivity index (χ1) is 8.56. The Labute approximate surface area is 107 Å². The van der Waals surface area contributed by atoms with E-state index in [1.807, 2.05) is 13.8 Å². The molecule has 0 spiro atoms. The molecule has 1 rings (SSSR count). The second kappa shape index (κ2) is 7.11. The van der Waals surface area contributed by atoms with Crippen molar-refractivity contribution in [1.29, 1.82) is 0 Å². The van der Waals surface area contributed by atoms with Crippen molar-refractivity contribution in [2.45, 2.75) is 33.4 Å². The van der Waals surface area contributed by atoms with Gasteiger partial charge in [-0.3, -0.25) is 10.1 Å². The van der Waals surface area contributed by atoms with Crippen molar-refractivity contribution >= 4 is 5.97 Å². The number of nitrogens with one attached hydrogen (secondary N) is 1. The van der Waals surface area contributed by atoms with Crippen molar-refractivity contribution in [3.63, 3.8) is 0 Å². The summed E-state index contributed by atoms with van der Waals surface area (Å²) in [6.45, 7) is 6.29. The van der Waals surface area contributed by atoms with Gasteiger partial charge < -0.3 is 4.74 Å². The van der Waals surface area contributed by atoms with Gasteiger partial charge in [-0.25, -0.2) is 4.39 Å². The lowest BCUT2D eigenvalue weighted by atomic mass is 10.0. The highest BCUT2D eigenvalue weighted by molar-refractivity contribution is 5.76. The van der Waals surface area contributed by atoms with Gasteiger partial charge in [0, 0.05) is 12.1 Å². The molecule has 0 aliphatic carbocycles. The fourth-order valence-electron chi connectivity index (χ4n) is 1.68. The van der Waals surface area contributed by atoms with Crippen molar-refractivity contribution in [3.8, 4) is 0 Å². The van der Waals surface area contributed by atoms with E-state index in [1.54, 1.807) is 25.1 Å². The Morgan fingerprint density at radius 3 is 2.61 bits per heavy atom. The Morgan fingerprint density at radius 1 is 1.39 bits per heavy atom. The number of rotatable bonds is 6. The maximum absolute atomic E-state index is 13.4. The topological polar surface area (TPSA) is 38.3 Å². The molecule has 1 aromatic rings. The summed E-state index contributed by atoms with van der Waals surface area (Å²) in [6, 6.07) is 6.11. The van der Waals surface area contributed by atoms with Gasteiger partial charge in [0.25, 0.3) is 0 Å². The van der Waals surface area contributed by atoms with Crippen LogP contribution in [-0.4, -0.2) is 18.6 Å². The van der Waals surface area contributed by atoms with E-state index in [0.717, 1.165) is 0 Å². The second-order valence-corrected chi connectivity index (χ2v) is 4.45. The summed E-state index contributed by atoms with van der Waals surface area (Å²) in [4.78, 5) is 11.7. The molecule has 1 unspecified atom stereocenters. The lowest BCUT2D eigenvalue weighted by Gasteiger charge is -2.20. The summed E-state index contributed by atoms with van der Waals surface area (Å²) in [6.07, 6.45) is 0. The molecule has 0 amide bonds. The Hall–Kier alpha value is -1.42. The van der Waals surface area contributed by atoms with E-state index >= 15 is 0 Å². The van der Waals surface area contributed by atoms with Gasteiger partial charge in [-0.05, 0) is 18.9 Å². The van der Waals surface area contributed by atoms with Crippen LogP contribution in [-0.2, 0) is 16.1 Å². The van der Waals surface area contributed by atoms with Crippen LogP contribution in [0.2, 0.25) is 0 Å². The van der Waals surface area contributed by atoms with Gasteiger partial charge in [-0.1, -0.05) is 32.0 Å². The number of ether oxygens (including phenoxy) is 1. The van der Waals surface area contributed by atoms with Gasteiger partial charge in [0.15, 0.2) is 0 Å². The highest BCUT2D eigenvalue weighted by atomic mass is 19.1. The molecule has 0 saturated carbocycles. The first-order valence-corrected chi connectivity index (χ1v) is 6.19. The summed E-state index contributed by atoms with van der Waals surface area (Å²) in [5, 5.41) is 3.05. The molecular formula is C14H20FNO2. The third-order valence-electron chi connectivity index (χ3n) is 2.68. The first-order valence-electron chi connectivity index (χ1n) is 6.19. The predicted octanol–water partition coefficient (Wildman–Crippen LogP) is 2.50. The number of carbonyl (C=O) groups is 1. The highest BCUT2D eigenvalue weighted by Crippen LogP contribution is 2.09. The smallest absolute Gasteiger partial charge is 0.323 e. The quantitative estimate of drug-likeness (QED) is 0.792. The molecular weight excluding hydrogens is 233 g/mol. The molecule has 1 aromatic carbocycles. The first kappa shape index (κ1) is 14.6. The van der Waals surface area contributed by atoms with Gasteiger partial charge in [0.05, 0.1) is 6.61 Å². The van der Waals surface area contributed by atoms with Gasteiger partial charge >= 0.3 is 5.97 Å². The van der Waals surface area contributed by atoms with Crippen molar-refractivity contribution < 1.29 is 13.9 Å². The Morgan fingerprint density at radius 2 is 2.06 bits per heavy atom. The minimum atomic E-state index is -0.412. The molecule has 0 radical (unpaired) electrons. The van der Waals surface area contributed by atoms with E-state index in [2.05, 4.69) is 5.32 Å². The number of benzene rings is 1. The van der Waals surface area contributed by atoms with Crippen LogP contribution in [0.15, 0.2) is 24.3 Å². The summed E-state index contributed by atoms with van der Waals surface area (Å²) in [5.74, 6) is -0.462. The minimum Gasteiger partial charge on any atom is -0.465 e. The normalized spacial score (nSPS) is 12.5. The molecule has 4 heteroatoms. The summed E-state index contributed by atoms with van der Waals surface area (Å²) < 4.78 is 18.4. The fourth-order valence-corrected chi connectivity index (χ4v) is 1.68. The van der Waals surface area contributed by atoms with Crippen LogP contribution in [0.5, 0.6) is 0 Å². The third kappa shape index (κ3) is 4.11. The maximum Gasteiger partial charge on any atom is 0.323 e. The van der Waals surface area contributed by atoms with Crippen molar-refractivity contribution in [3.05, 3.63) is 35.6 Å². The SMILES string of the molecule is CCOC(=O)C(NCc1ccccc1F)C(C)C. The minimum absolute atomic E-state index is 0.0934. The number of carbonyl (C=O) groups excluding carboxylic acids is 1. The molecule has 0 fully saturated rings. The molecule has 0 aliphatic rings. The van der Waals surface area contributed by atoms with Gasteiger partial charge in [0.1, 0.15) is 11.9 Å². The number of hydrogen-bond acceptors (Lipinski definition) is 3. The molecule has 0 aromatic heterocycles. The van der Waals surface area contributed by atoms with Crippen LogP contribution in [0.4, 0.5) is 4.39 Å². The predicted molar refractivity (Wildman–Crippen MR) is 68.5 cm³/mol. The Balaban J connectivity index is 2.63. The van der Waals surface area contributed by atoms with E-state index in [4.69, 9.17) is 4.74 Å². The Kier molecular flexibility index (Phi) is 5.78. The lowest BCUT2D eigenvalue weighted by molar-refractivity contribution is -0.146. The largest absolute Gasteiger partial charge is 0.465 e. The zero-order chi connectivity index (χ0) is 13.5. The van der Waals surface area contributed by atoms with Crippen molar-refractivity contribution in [2.24, 2.45) is 5.92 Å². The van der Waals surface area contributed by atoms with Crippen molar-refractivity contribution in [1.82, 2.24) is 5.32 Å². The summed E-state index contributed by atoms with van der Waals surface area (Å²) in [7, 11) is 0. The molecule has 18 heavy (non-hydrogen) atoms. The number of hydrogen-bond donors (Lipinski definition) is 1. The van der Waals surface area contributed by atoms with Crippen LogP contribution in [0, 0.1) is 11.7 Å². The molecule has 0 bridgehead atoms. The van der Waals surface area contributed by atoms with Crippen LogP contribution in [0.3, 0.4) is 0 Å². The van der Waals surface area contributed by atoms with Crippen LogP contribution in [0.1, 0.15) is 26.3 Å². The van der Waals surface area contributed by atoms with E-state index in [9.17, 15) is 9.18 Å². The molecule has 0 saturated heterocycles. The lowest BCUT2D eigenvalue weighted by Crippen LogP contribution is -2.41. The molecule has 3 nitrogen and oxygen atoms in total. The fraction of sp³-hybridized carbons (Fsp3) is 0.500. The maximum atomic E-state index is 13.4. The summed E-state index contributed by atoms with van der Waals surface area (Å²) in [5.41, 5.74) is 0.549. The Bertz CT molecular complexity index is 393. The van der Waals surface area contributed by atoms with E-state index in [0.29, 0.717) is 18.7 Å². The highest BCUT2D eigenvalue weighted by Gasteiger charge is 2.22.